The molecule has 5 nitrogen and oxygen atoms in total. The van der Waals surface area contributed by atoms with Crippen molar-refractivity contribution < 1.29 is 0 Å². The average molecular weight is 892 g/mol. The van der Waals surface area contributed by atoms with E-state index in [0.29, 0.717) is 6.67 Å². The molecule has 0 aliphatic carbocycles. The minimum Gasteiger partial charge on any atom is -0.344 e. The molecule has 0 bridgehead atoms. The lowest BCUT2D eigenvalue weighted by Gasteiger charge is -2.32. The lowest BCUT2D eigenvalue weighted by molar-refractivity contribution is 0.568. The van der Waals surface area contributed by atoms with Gasteiger partial charge in [-0.25, -0.2) is 4.98 Å². The van der Waals surface area contributed by atoms with E-state index in [9.17, 15) is 0 Å². The van der Waals surface area contributed by atoms with Gasteiger partial charge in [0.05, 0.1) is 22.4 Å². The quantitative estimate of drug-likeness (QED) is 0.142. The van der Waals surface area contributed by atoms with Gasteiger partial charge in [0, 0.05) is 52.2 Å². The van der Waals surface area contributed by atoms with Gasteiger partial charge in [0.15, 0.2) is 0 Å². The molecule has 1 aliphatic heterocycles. The predicted octanol–water partition coefficient (Wildman–Crippen LogP) is 16.4. The maximum Gasteiger partial charge on any atom is 0.137 e. The molecule has 0 radical (unpaired) electrons. The summed E-state index contributed by atoms with van der Waals surface area (Å²) in [4.78, 5) is 12.3. The first-order valence-corrected chi connectivity index (χ1v) is 24.2. The van der Waals surface area contributed by atoms with Gasteiger partial charge in [-0.1, -0.05) is 159 Å². The van der Waals surface area contributed by atoms with E-state index in [1.807, 2.05) is 6.20 Å². The number of hydrogen-bond acceptors (Lipinski definition) is 4. The van der Waals surface area contributed by atoms with Crippen molar-refractivity contribution in [1.82, 2.24) is 9.55 Å². The van der Waals surface area contributed by atoms with Crippen LogP contribution in [0.25, 0.3) is 27.6 Å². The average Bonchev–Trinajstić information content (AvgIpc) is 3.89. The maximum absolute atomic E-state index is 5.07. The molecule has 0 N–H and O–H groups in total. The molecule has 0 fully saturated rings. The molecule has 0 amide bonds. The van der Waals surface area contributed by atoms with Crippen molar-refractivity contribution in [2.24, 2.45) is 0 Å². The summed E-state index contributed by atoms with van der Waals surface area (Å²) in [6, 6.07) is 65.3. The number of benzene rings is 7. The van der Waals surface area contributed by atoms with E-state index in [2.05, 4.69) is 271 Å². The molecule has 2 aromatic heterocycles. The molecule has 1 aliphatic rings. The highest BCUT2D eigenvalue weighted by Crippen LogP contribution is 2.47. The van der Waals surface area contributed by atoms with Crippen LogP contribution in [0, 0.1) is 0 Å². The summed E-state index contributed by atoms with van der Waals surface area (Å²) in [6.07, 6.45) is 1.97. The molecule has 10 rings (SSSR count). The second kappa shape index (κ2) is 16.6. The normalized spacial score (nSPS) is 13.4. The Bertz CT molecular complexity index is 3230. The Morgan fingerprint density at radius 1 is 0.412 bits per heavy atom. The first-order valence-electron chi connectivity index (χ1n) is 24.2. The third-order valence-electron chi connectivity index (χ3n) is 14.5. The van der Waals surface area contributed by atoms with Crippen LogP contribution in [0.3, 0.4) is 0 Å². The number of para-hydroxylation sites is 2. The fourth-order valence-corrected chi connectivity index (χ4v) is 10.1. The fourth-order valence-electron chi connectivity index (χ4n) is 10.1. The molecule has 0 saturated carbocycles. The molecule has 3 heterocycles. The zero-order valence-electron chi connectivity index (χ0n) is 41.8. The Balaban J connectivity index is 1.07. The summed E-state index contributed by atoms with van der Waals surface area (Å²) in [6.45, 7) is 23.8. The highest BCUT2D eigenvalue weighted by atomic mass is 15.4. The highest BCUT2D eigenvalue weighted by molar-refractivity contribution is 6.10. The SMILES string of the molecule is CN(c1cccc(N2CN(c3cc(C(C)(C)C)cc(C(C)(C)C)c3)c3ccccc32)c1)c1ccc2c3cc(C(C)(c4ccccc4)c4ccccc4)ccc3n(-c3cc(C(C)(C)C)ccn3)c2c1. The Morgan fingerprint density at radius 2 is 0.985 bits per heavy atom. The first-order chi connectivity index (χ1) is 32.4. The van der Waals surface area contributed by atoms with Crippen molar-refractivity contribution in [2.75, 3.05) is 28.4 Å². The van der Waals surface area contributed by atoms with Crippen molar-refractivity contribution in [3.63, 3.8) is 0 Å². The molecule has 0 saturated heterocycles. The number of rotatable bonds is 8. The number of pyridine rings is 1. The largest absolute Gasteiger partial charge is 0.344 e. The standard InChI is InChI=1S/C63H65N5/c1-60(2,3)45-33-34-64-59(39-45)68-55-32-29-46(63(10,43-21-14-12-15-22-43)44-23-16-13-17-24-44)38-54(55)53-31-30-50(41-58(53)68)65(11)49-25-20-26-51(40-49)66-42-67(57-28-19-18-27-56(57)66)52-36-47(61(4,5)6)35-48(37-52)62(7,8)9/h12-41H,42H2,1-11H3. The Kier molecular flexibility index (Phi) is 10.9. The van der Waals surface area contributed by atoms with Crippen LogP contribution in [0.15, 0.2) is 182 Å². The van der Waals surface area contributed by atoms with Crippen LogP contribution < -0.4 is 14.7 Å². The van der Waals surface area contributed by atoms with Gasteiger partial charge in [-0.3, -0.25) is 4.57 Å². The van der Waals surface area contributed by atoms with E-state index in [1.165, 1.54) is 61.2 Å². The number of hydrogen-bond donors (Lipinski definition) is 0. The van der Waals surface area contributed by atoms with Gasteiger partial charge < -0.3 is 14.7 Å². The zero-order valence-corrected chi connectivity index (χ0v) is 41.8. The van der Waals surface area contributed by atoms with Gasteiger partial charge in [-0.2, -0.15) is 0 Å². The summed E-state index contributed by atoms with van der Waals surface area (Å²) in [7, 11) is 2.19. The molecule has 9 aromatic rings. The fraction of sp³-hybridized carbons (Fsp3) is 0.254. The van der Waals surface area contributed by atoms with Crippen molar-refractivity contribution in [2.45, 2.75) is 90.9 Å². The second-order valence-electron chi connectivity index (χ2n) is 22.1. The first kappa shape index (κ1) is 44.7. The van der Waals surface area contributed by atoms with E-state index < -0.39 is 0 Å². The lowest BCUT2D eigenvalue weighted by Crippen LogP contribution is -2.25. The highest BCUT2D eigenvalue weighted by Gasteiger charge is 2.33. The van der Waals surface area contributed by atoms with Gasteiger partial charge in [0.1, 0.15) is 12.5 Å². The molecule has 0 spiro atoms. The molecule has 7 aromatic carbocycles. The number of fused-ring (bicyclic) bond motifs is 4. The Morgan fingerprint density at radius 3 is 1.59 bits per heavy atom. The van der Waals surface area contributed by atoms with Crippen LogP contribution in [-0.2, 0) is 21.7 Å². The van der Waals surface area contributed by atoms with E-state index in [-0.39, 0.29) is 21.7 Å². The number of anilines is 6. The summed E-state index contributed by atoms with van der Waals surface area (Å²) in [5.74, 6) is 0.917. The molecule has 342 valence electrons. The van der Waals surface area contributed by atoms with Crippen molar-refractivity contribution in [3.8, 4) is 5.82 Å². The number of nitrogens with zero attached hydrogens (tertiary/aromatic N) is 5. The van der Waals surface area contributed by atoms with E-state index >= 15 is 0 Å². The van der Waals surface area contributed by atoms with Gasteiger partial charge in [0.25, 0.3) is 0 Å². The van der Waals surface area contributed by atoms with Crippen molar-refractivity contribution in [1.29, 1.82) is 0 Å². The Labute approximate surface area is 404 Å². The molecule has 0 unspecified atom stereocenters. The Hall–Kier alpha value is -7.11. The van der Waals surface area contributed by atoms with Crippen LogP contribution >= 0.6 is 0 Å². The lowest BCUT2D eigenvalue weighted by atomic mass is 9.71. The van der Waals surface area contributed by atoms with Gasteiger partial charge in [-0.15, -0.1) is 0 Å². The van der Waals surface area contributed by atoms with Gasteiger partial charge in [-0.05, 0) is 135 Å². The van der Waals surface area contributed by atoms with Gasteiger partial charge in [0.2, 0.25) is 0 Å². The summed E-state index contributed by atoms with van der Waals surface area (Å²) in [5.41, 5.74) is 16.6. The van der Waals surface area contributed by atoms with Crippen LogP contribution in [-0.4, -0.2) is 23.3 Å². The van der Waals surface area contributed by atoms with Crippen LogP contribution in [0.4, 0.5) is 34.1 Å². The van der Waals surface area contributed by atoms with Gasteiger partial charge >= 0.3 is 0 Å². The van der Waals surface area contributed by atoms with Crippen LogP contribution in [0.5, 0.6) is 0 Å². The number of aromatic nitrogens is 2. The topological polar surface area (TPSA) is 27.5 Å². The van der Waals surface area contributed by atoms with Crippen LogP contribution in [0.1, 0.15) is 103 Å². The third-order valence-corrected chi connectivity index (χ3v) is 14.5. The molecular formula is C63H65N5. The molecule has 0 atom stereocenters. The monoisotopic (exact) mass is 892 g/mol. The van der Waals surface area contributed by atoms with Crippen molar-refractivity contribution >= 4 is 55.9 Å². The maximum atomic E-state index is 5.07. The summed E-state index contributed by atoms with van der Waals surface area (Å²) in [5, 5.41) is 2.40. The van der Waals surface area contributed by atoms with E-state index in [0.717, 1.165) is 33.9 Å². The minimum atomic E-state index is -0.376. The predicted molar refractivity (Wildman–Crippen MR) is 290 cm³/mol. The molecular weight excluding hydrogens is 827 g/mol. The zero-order chi connectivity index (χ0) is 47.8. The second-order valence-corrected chi connectivity index (χ2v) is 22.1. The summed E-state index contributed by atoms with van der Waals surface area (Å²) < 4.78 is 2.37. The molecule has 5 heteroatoms. The van der Waals surface area contributed by atoms with E-state index in [4.69, 9.17) is 4.98 Å². The van der Waals surface area contributed by atoms with Crippen molar-refractivity contribution in [3.05, 3.63) is 216 Å². The summed E-state index contributed by atoms with van der Waals surface area (Å²) >= 11 is 0. The third kappa shape index (κ3) is 7.92. The smallest absolute Gasteiger partial charge is 0.137 e. The van der Waals surface area contributed by atoms with Crippen LogP contribution in [0.2, 0.25) is 0 Å². The molecule has 68 heavy (non-hydrogen) atoms. The minimum absolute atomic E-state index is 0.0211. The van der Waals surface area contributed by atoms with E-state index in [1.54, 1.807) is 0 Å².